The summed E-state index contributed by atoms with van der Waals surface area (Å²) in [6.07, 6.45) is 1.39. The van der Waals surface area contributed by atoms with Crippen molar-refractivity contribution in [1.82, 2.24) is 5.32 Å². The van der Waals surface area contributed by atoms with Gasteiger partial charge in [0.25, 0.3) is 0 Å². The smallest absolute Gasteiger partial charge is 0.233 e. The van der Waals surface area contributed by atoms with E-state index in [9.17, 15) is 9.59 Å². The summed E-state index contributed by atoms with van der Waals surface area (Å²) in [6.45, 7) is 7.83. The first-order valence-electron chi connectivity index (χ1n) is 5.77. The first kappa shape index (κ1) is 14.0. The Kier molecular flexibility index (Phi) is 5.11. The minimum atomic E-state index is -0.320. The Hall–Kier alpha value is -2.10. The fourth-order valence-corrected chi connectivity index (χ4v) is 1.42. The molecule has 0 spiro atoms. The van der Waals surface area contributed by atoms with Crippen LogP contribution in [0.3, 0.4) is 0 Å². The van der Waals surface area contributed by atoms with Crippen molar-refractivity contribution in [2.75, 3.05) is 11.9 Å². The van der Waals surface area contributed by atoms with E-state index >= 15 is 0 Å². The van der Waals surface area contributed by atoms with Gasteiger partial charge in [-0.3, -0.25) is 9.59 Å². The zero-order valence-electron chi connectivity index (χ0n) is 10.7. The highest BCUT2D eigenvalue weighted by Crippen LogP contribution is 2.14. The molecule has 0 saturated carbocycles. The quantitative estimate of drug-likeness (QED) is 0.616. The molecular formula is C14H18N2O2. The maximum atomic E-state index is 11.6. The molecule has 0 bridgehead atoms. The number of amides is 2. The number of carbonyl (C=O) groups is 2. The van der Waals surface area contributed by atoms with E-state index in [0.717, 1.165) is 11.1 Å². The summed E-state index contributed by atoms with van der Waals surface area (Å²) in [5.41, 5.74) is 2.97. The first-order valence-corrected chi connectivity index (χ1v) is 5.77. The Morgan fingerprint density at radius 3 is 2.56 bits per heavy atom. The van der Waals surface area contributed by atoms with Crippen molar-refractivity contribution in [1.29, 1.82) is 0 Å². The number of nitrogens with one attached hydrogen (secondary N) is 2. The van der Waals surface area contributed by atoms with E-state index in [2.05, 4.69) is 17.2 Å². The molecule has 4 heteroatoms. The normalized spacial score (nSPS) is 9.67. The predicted octanol–water partition coefficient (Wildman–Crippen LogP) is 1.93. The maximum Gasteiger partial charge on any atom is 0.233 e. The number of anilines is 1. The lowest BCUT2D eigenvalue weighted by molar-refractivity contribution is -0.126. The molecule has 0 aliphatic carbocycles. The van der Waals surface area contributed by atoms with Crippen LogP contribution in [-0.2, 0) is 9.59 Å². The third-order valence-corrected chi connectivity index (χ3v) is 2.56. The number of hydrogen-bond donors (Lipinski definition) is 2. The van der Waals surface area contributed by atoms with Crippen molar-refractivity contribution in [3.8, 4) is 0 Å². The van der Waals surface area contributed by atoms with E-state index in [4.69, 9.17) is 0 Å². The largest absolute Gasteiger partial charge is 0.352 e. The molecule has 0 radical (unpaired) electrons. The van der Waals surface area contributed by atoms with Crippen LogP contribution < -0.4 is 10.6 Å². The van der Waals surface area contributed by atoms with E-state index in [0.29, 0.717) is 12.2 Å². The summed E-state index contributed by atoms with van der Waals surface area (Å²) < 4.78 is 0. The number of rotatable bonds is 5. The van der Waals surface area contributed by atoms with Gasteiger partial charge < -0.3 is 10.6 Å². The van der Waals surface area contributed by atoms with Crippen LogP contribution in [0.2, 0.25) is 0 Å². The van der Waals surface area contributed by atoms with Gasteiger partial charge in [-0.25, -0.2) is 0 Å². The number of aryl methyl sites for hydroxylation is 2. The molecule has 0 saturated heterocycles. The topological polar surface area (TPSA) is 58.2 Å². The SMILES string of the molecule is C=CCNC(=O)CC(=O)Nc1ccc(C)c(C)c1. The van der Waals surface area contributed by atoms with Crippen LogP contribution in [0.4, 0.5) is 5.69 Å². The fourth-order valence-electron chi connectivity index (χ4n) is 1.42. The van der Waals surface area contributed by atoms with E-state index < -0.39 is 0 Å². The van der Waals surface area contributed by atoms with Gasteiger partial charge in [-0.1, -0.05) is 12.1 Å². The van der Waals surface area contributed by atoms with Crippen LogP contribution in [0.25, 0.3) is 0 Å². The summed E-state index contributed by atoms with van der Waals surface area (Å²) in [6, 6.07) is 5.64. The van der Waals surface area contributed by atoms with Crippen LogP contribution in [0, 0.1) is 13.8 Å². The molecule has 2 N–H and O–H groups in total. The molecule has 96 valence electrons. The van der Waals surface area contributed by atoms with Crippen LogP contribution in [0.5, 0.6) is 0 Å². The Balaban J connectivity index is 2.51. The molecule has 4 nitrogen and oxygen atoms in total. The third kappa shape index (κ3) is 4.41. The lowest BCUT2D eigenvalue weighted by atomic mass is 10.1. The Labute approximate surface area is 107 Å². The summed E-state index contributed by atoms with van der Waals surface area (Å²) in [4.78, 5) is 22.9. The number of hydrogen-bond acceptors (Lipinski definition) is 2. The molecule has 0 aliphatic heterocycles. The van der Waals surface area contributed by atoms with Gasteiger partial charge in [0.2, 0.25) is 11.8 Å². The molecule has 0 unspecified atom stereocenters. The minimum absolute atomic E-state index is 0.180. The highest BCUT2D eigenvalue weighted by atomic mass is 16.2. The van der Waals surface area contributed by atoms with Crippen LogP contribution in [-0.4, -0.2) is 18.4 Å². The van der Waals surface area contributed by atoms with Crippen molar-refractivity contribution >= 4 is 17.5 Å². The second kappa shape index (κ2) is 6.59. The maximum absolute atomic E-state index is 11.6. The van der Waals surface area contributed by atoms with Gasteiger partial charge in [-0.2, -0.15) is 0 Å². The third-order valence-electron chi connectivity index (χ3n) is 2.56. The number of benzene rings is 1. The predicted molar refractivity (Wildman–Crippen MR) is 72.4 cm³/mol. The van der Waals surface area contributed by atoms with Crippen molar-refractivity contribution < 1.29 is 9.59 Å². The molecule has 18 heavy (non-hydrogen) atoms. The molecule has 1 aromatic carbocycles. The van der Waals surface area contributed by atoms with Gasteiger partial charge >= 0.3 is 0 Å². The Morgan fingerprint density at radius 2 is 1.94 bits per heavy atom. The molecule has 1 rings (SSSR count). The van der Waals surface area contributed by atoms with E-state index in [1.165, 1.54) is 0 Å². The summed E-state index contributed by atoms with van der Waals surface area (Å²) in [5, 5.41) is 5.24. The zero-order chi connectivity index (χ0) is 13.5. The molecular weight excluding hydrogens is 228 g/mol. The van der Waals surface area contributed by atoms with Crippen LogP contribution in [0.15, 0.2) is 30.9 Å². The van der Waals surface area contributed by atoms with Gasteiger partial charge in [0.05, 0.1) is 0 Å². The monoisotopic (exact) mass is 246 g/mol. The highest BCUT2D eigenvalue weighted by Gasteiger charge is 2.08. The van der Waals surface area contributed by atoms with Gasteiger partial charge in [0.15, 0.2) is 0 Å². The highest BCUT2D eigenvalue weighted by molar-refractivity contribution is 6.03. The van der Waals surface area contributed by atoms with Crippen molar-refractivity contribution in [3.63, 3.8) is 0 Å². The Morgan fingerprint density at radius 1 is 1.22 bits per heavy atom. The van der Waals surface area contributed by atoms with Gasteiger partial charge in [0, 0.05) is 12.2 Å². The molecule has 1 aromatic rings. The second-order valence-corrected chi connectivity index (χ2v) is 4.12. The summed E-state index contributed by atoms with van der Waals surface area (Å²) >= 11 is 0. The molecule has 0 aromatic heterocycles. The second-order valence-electron chi connectivity index (χ2n) is 4.12. The lowest BCUT2D eigenvalue weighted by Crippen LogP contribution is -2.28. The fraction of sp³-hybridized carbons (Fsp3) is 0.286. The summed E-state index contributed by atoms with van der Waals surface area (Å²) in [7, 11) is 0. The molecule has 0 atom stereocenters. The van der Waals surface area contributed by atoms with Crippen LogP contribution >= 0.6 is 0 Å². The standard InChI is InChI=1S/C14H18N2O2/c1-4-7-15-13(17)9-14(18)16-12-6-5-10(2)11(3)8-12/h4-6,8H,1,7,9H2,2-3H3,(H,15,17)(H,16,18). The van der Waals surface area contributed by atoms with Gasteiger partial charge in [0.1, 0.15) is 6.42 Å². The molecule has 2 amide bonds. The van der Waals surface area contributed by atoms with Gasteiger partial charge in [-0.15, -0.1) is 6.58 Å². The Bertz CT molecular complexity index is 467. The molecule has 0 fully saturated rings. The zero-order valence-corrected chi connectivity index (χ0v) is 10.7. The average molecular weight is 246 g/mol. The van der Waals surface area contributed by atoms with E-state index in [-0.39, 0.29) is 18.2 Å². The van der Waals surface area contributed by atoms with Crippen molar-refractivity contribution in [3.05, 3.63) is 42.0 Å². The minimum Gasteiger partial charge on any atom is -0.352 e. The van der Waals surface area contributed by atoms with Crippen LogP contribution in [0.1, 0.15) is 17.5 Å². The van der Waals surface area contributed by atoms with Crippen molar-refractivity contribution in [2.24, 2.45) is 0 Å². The summed E-state index contributed by atoms with van der Waals surface area (Å²) in [5.74, 6) is -0.629. The van der Waals surface area contributed by atoms with E-state index in [1.54, 1.807) is 6.08 Å². The first-order chi connectivity index (χ1) is 8.52. The van der Waals surface area contributed by atoms with E-state index in [1.807, 2.05) is 32.0 Å². The number of carbonyl (C=O) groups excluding carboxylic acids is 2. The average Bonchev–Trinajstić information content (AvgIpc) is 2.31. The molecule has 0 aliphatic rings. The lowest BCUT2D eigenvalue weighted by Gasteiger charge is -2.07. The van der Waals surface area contributed by atoms with Crippen molar-refractivity contribution in [2.45, 2.75) is 20.3 Å². The molecule has 0 heterocycles. The van der Waals surface area contributed by atoms with Gasteiger partial charge in [-0.05, 0) is 37.1 Å².